The Bertz CT molecular complexity index is 790. The van der Waals surface area contributed by atoms with Crippen molar-refractivity contribution in [1.82, 2.24) is 4.90 Å². The molecule has 3 rings (SSSR count). The lowest BCUT2D eigenvalue weighted by Crippen LogP contribution is -2.33. The molecule has 0 aliphatic carbocycles. The fourth-order valence-electron chi connectivity index (χ4n) is 2.92. The smallest absolute Gasteiger partial charge is 0.325 e. The van der Waals surface area contributed by atoms with Crippen LogP contribution in [0.2, 0.25) is 0 Å². The summed E-state index contributed by atoms with van der Waals surface area (Å²) in [6.45, 7) is 0.133. The van der Waals surface area contributed by atoms with E-state index in [4.69, 9.17) is 9.47 Å². The lowest BCUT2D eigenvalue weighted by atomic mass is 9.88. The zero-order valence-electron chi connectivity index (χ0n) is 14.8. The highest BCUT2D eigenvalue weighted by Gasteiger charge is 2.24. The topological polar surface area (TPSA) is 65.1 Å². The van der Waals surface area contributed by atoms with E-state index in [9.17, 15) is 9.59 Å². The zero-order chi connectivity index (χ0) is 18.5. The van der Waals surface area contributed by atoms with Gasteiger partial charge >= 0.3 is 5.97 Å². The number of nitrogens with zero attached hydrogens (tertiary/aromatic N) is 1. The van der Waals surface area contributed by atoms with Gasteiger partial charge in [0.15, 0.2) is 11.5 Å². The van der Waals surface area contributed by atoms with Crippen molar-refractivity contribution in [2.75, 3.05) is 27.5 Å². The van der Waals surface area contributed by atoms with Crippen molar-refractivity contribution >= 4 is 11.9 Å². The van der Waals surface area contributed by atoms with E-state index in [1.165, 1.54) is 12.0 Å². The number of hydrogen-bond acceptors (Lipinski definition) is 5. The van der Waals surface area contributed by atoms with Crippen LogP contribution < -0.4 is 9.47 Å². The number of fused-ring (bicyclic) bond motifs is 1. The molecular formula is C20H21NO5. The first-order valence-corrected chi connectivity index (χ1v) is 8.33. The maximum Gasteiger partial charge on any atom is 0.325 e. The van der Waals surface area contributed by atoms with E-state index in [2.05, 4.69) is 4.74 Å². The summed E-state index contributed by atoms with van der Waals surface area (Å²) in [6.07, 6.45) is 0.233. The first kappa shape index (κ1) is 17.8. The van der Waals surface area contributed by atoms with Gasteiger partial charge in [-0.2, -0.15) is 0 Å². The van der Waals surface area contributed by atoms with Crippen LogP contribution in [0.25, 0.3) is 0 Å². The molecule has 6 heteroatoms. The minimum Gasteiger partial charge on any atom is -0.468 e. The monoisotopic (exact) mass is 355 g/mol. The number of methoxy groups -OCH3 is 1. The summed E-state index contributed by atoms with van der Waals surface area (Å²) in [7, 11) is 2.90. The largest absolute Gasteiger partial charge is 0.468 e. The normalized spacial score (nSPS) is 13.2. The predicted octanol–water partition coefficient (Wildman–Crippen LogP) is 2.57. The summed E-state index contributed by atoms with van der Waals surface area (Å²) in [4.78, 5) is 25.5. The molecule has 1 aliphatic rings. The third-order valence-electron chi connectivity index (χ3n) is 4.40. The van der Waals surface area contributed by atoms with Gasteiger partial charge in [-0.15, -0.1) is 0 Å². The molecule has 1 atom stereocenters. The summed E-state index contributed by atoms with van der Waals surface area (Å²) in [6, 6.07) is 15.5. The quantitative estimate of drug-likeness (QED) is 0.745. The van der Waals surface area contributed by atoms with E-state index < -0.39 is 5.97 Å². The molecule has 0 radical (unpaired) electrons. The Labute approximate surface area is 152 Å². The van der Waals surface area contributed by atoms with Crippen molar-refractivity contribution in [3.05, 3.63) is 59.7 Å². The number of benzene rings is 2. The molecular weight excluding hydrogens is 334 g/mol. The Morgan fingerprint density at radius 2 is 1.81 bits per heavy atom. The second kappa shape index (κ2) is 7.91. The molecule has 26 heavy (non-hydrogen) atoms. The minimum absolute atomic E-state index is 0.0714. The van der Waals surface area contributed by atoms with Crippen LogP contribution in [0.5, 0.6) is 11.5 Å². The van der Waals surface area contributed by atoms with Crippen molar-refractivity contribution in [2.45, 2.75) is 12.3 Å². The third-order valence-corrected chi connectivity index (χ3v) is 4.40. The number of carbonyl (C=O) groups is 2. The lowest BCUT2D eigenvalue weighted by Gasteiger charge is -2.22. The van der Waals surface area contributed by atoms with Crippen LogP contribution in [-0.2, 0) is 14.3 Å². The molecule has 0 aromatic heterocycles. The highest BCUT2D eigenvalue weighted by molar-refractivity contribution is 5.82. The number of likely N-dealkylation sites (N-methyl/N-ethyl adjacent to an activating group) is 1. The molecule has 0 saturated heterocycles. The van der Waals surface area contributed by atoms with Crippen LogP contribution >= 0.6 is 0 Å². The van der Waals surface area contributed by atoms with Gasteiger partial charge in [0.25, 0.3) is 0 Å². The maximum atomic E-state index is 12.6. The van der Waals surface area contributed by atoms with E-state index >= 15 is 0 Å². The van der Waals surface area contributed by atoms with Gasteiger partial charge in [0.05, 0.1) is 7.11 Å². The Kier molecular flexibility index (Phi) is 5.41. The van der Waals surface area contributed by atoms with E-state index in [0.29, 0.717) is 11.5 Å². The Morgan fingerprint density at radius 1 is 1.08 bits per heavy atom. The first-order chi connectivity index (χ1) is 12.6. The van der Waals surface area contributed by atoms with Crippen molar-refractivity contribution in [3.8, 4) is 11.5 Å². The number of hydrogen-bond donors (Lipinski definition) is 0. The molecule has 0 spiro atoms. The number of carbonyl (C=O) groups excluding carboxylic acids is 2. The van der Waals surface area contributed by atoms with Crippen molar-refractivity contribution in [3.63, 3.8) is 0 Å². The van der Waals surface area contributed by atoms with Crippen LogP contribution in [-0.4, -0.2) is 44.3 Å². The van der Waals surface area contributed by atoms with Crippen molar-refractivity contribution < 1.29 is 23.8 Å². The predicted molar refractivity (Wildman–Crippen MR) is 95.1 cm³/mol. The average Bonchev–Trinajstić information content (AvgIpc) is 3.14. The molecule has 0 fully saturated rings. The molecule has 0 N–H and O–H groups in total. The summed E-state index contributed by atoms with van der Waals surface area (Å²) in [5.74, 6) is 0.647. The highest BCUT2D eigenvalue weighted by Crippen LogP contribution is 2.37. The standard InChI is InChI=1S/C20H21NO5/c1-21(12-20(23)24-2)19(22)11-16(14-6-4-3-5-7-14)15-8-9-17-18(10-15)26-13-25-17/h3-10,16H,11-13H2,1-2H3. The minimum atomic E-state index is -0.444. The third kappa shape index (κ3) is 3.96. The van der Waals surface area contributed by atoms with Gasteiger partial charge in [0.2, 0.25) is 12.7 Å². The molecule has 1 heterocycles. The molecule has 1 amide bonds. The average molecular weight is 355 g/mol. The van der Waals surface area contributed by atoms with Crippen molar-refractivity contribution in [2.24, 2.45) is 0 Å². The fourth-order valence-corrected chi connectivity index (χ4v) is 2.92. The van der Waals surface area contributed by atoms with E-state index in [-0.39, 0.29) is 31.6 Å². The lowest BCUT2D eigenvalue weighted by molar-refractivity contribution is -0.146. The molecule has 2 aromatic rings. The van der Waals surface area contributed by atoms with Gasteiger partial charge in [-0.1, -0.05) is 36.4 Å². The maximum absolute atomic E-state index is 12.6. The number of amides is 1. The van der Waals surface area contributed by atoms with Gasteiger partial charge < -0.3 is 19.1 Å². The number of esters is 1. The van der Waals surface area contributed by atoms with Gasteiger partial charge in [0.1, 0.15) is 6.54 Å². The van der Waals surface area contributed by atoms with Crippen LogP contribution in [0.15, 0.2) is 48.5 Å². The van der Waals surface area contributed by atoms with Gasteiger partial charge in [-0.05, 0) is 23.3 Å². The van der Waals surface area contributed by atoms with E-state index in [0.717, 1.165) is 11.1 Å². The first-order valence-electron chi connectivity index (χ1n) is 8.33. The Morgan fingerprint density at radius 3 is 2.54 bits per heavy atom. The van der Waals surface area contributed by atoms with Crippen molar-refractivity contribution in [1.29, 1.82) is 0 Å². The molecule has 2 aromatic carbocycles. The Hall–Kier alpha value is -3.02. The zero-order valence-corrected chi connectivity index (χ0v) is 14.8. The van der Waals surface area contributed by atoms with Crippen LogP contribution in [0.1, 0.15) is 23.5 Å². The molecule has 0 bridgehead atoms. The molecule has 0 saturated carbocycles. The van der Waals surface area contributed by atoms with Gasteiger partial charge in [0, 0.05) is 19.4 Å². The second-order valence-corrected chi connectivity index (χ2v) is 6.11. The second-order valence-electron chi connectivity index (χ2n) is 6.11. The Balaban J connectivity index is 1.85. The van der Waals surface area contributed by atoms with E-state index in [1.54, 1.807) is 7.05 Å². The summed E-state index contributed by atoms with van der Waals surface area (Å²) < 4.78 is 15.5. The highest BCUT2D eigenvalue weighted by atomic mass is 16.7. The van der Waals surface area contributed by atoms with Crippen LogP contribution in [0.3, 0.4) is 0 Å². The van der Waals surface area contributed by atoms with Crippen LogP contribution in [0.4, 0.5) is 0 Å². The molecule has 136 valence electrons. The van der Waals surface area contributed by atoms with Gasteiger partial charge in [-0.3, -0.25) is 9.59 Å². The van der Waals surface area contributed by atoms with Gasteiger partial charge in [-0.25, -0.2) is 0 Å². The summed E-state index contributed by atoms with van der Waals surface area (Å²) in [5.41, 5.74) is 1.98. The molecule has 1 aliphatic heterocycles. The summed E-state index contributed by atoms with van der Waals surface area (Å²) >= 11 is 0. The summed E-state index contributed by atoms with van der Waals surface area (Å²) in [5, 5.41) is 0. The number of rotatable bonds is 6. The SMILES string of the molecule is COC(=O)CN(C)C(=O)CC(c1ccccc1)c1ccc2c(c1)OCO2. The number of ether oxygens (including phenoxy) is 3. The van der Waals surface area contributed by atoms with E-state index in [1.807, 2.05) is 48.5 Å². The fraction of sp³-hybridized carbons (Fsp3) is 0.300. The van der Waals surface area contributed by atoms with Crippen LogP contribution in [0, 0.1) is 0 Å². The molecule has 6 nitrogen and oxygen atoms in total. The molecule has 1 unspecified atom stereocenters.